The van der Waals surface area contributed by atoms with Gasteiger partial charge in [-0.1, -0.05) is 33.6 Å². The molecule has 17 heavy (non-hydrogen) atoms. The Hall–Kier alpha value is -0.350. The number of hydrogen-bond donors (Lipinski definition) is 1. The molecule has 0 fully saturated rings. The molecular formula is C12H22ClN3S. The van der Waals surface area contributed by atoms with E-state index < -0.39 is 0 Å². The Balaban J connectivity index is 2.21. The molecule has 0 aliphatic heterocycles. The molecule has 3 nitrogen and oxygen atoms in total. The van der Waals surface area contributed by atoms with Crippen LogP contribution in [0.25, 0.3) is 0 Å². The first-order valence-corrected chi connectivity index (χ1v) is 7.49. The minimum Gasteiger partial charge on any atom is -0.360 e. The first kappa shape index (κ1) is 14.7. The summed E-state index contributed by atoms with van der Waals surface area (Å²) in [5.41, 5.74) is 0.0385. The highest BCUT2D eigenvalue weighted by Crippen LogP contribution is 2.22. The molecular weight excluding hydrogens is 254 g/mol. The number of alkyl halides is 1. The van der Waals surface area contributed by atoms with Gasteiger partial charge in [0.25, 0.3) is 0 Å². The zero-order valence-electron chi connectivity index (χ0n) is 10.9. The second kappa shape index (κ2) is 7.17. The minimum atomic E-state index is 0.0385. The highest BCUT2D eigenvalue weighted by atomic mass is 35.5. The van der Waals surface area contributed by atoms with Gasteiger partial charge in [0, 0.05) is 29.4 Å². The normalized spacial score (nSPS) is 11.8. The molecule has 0 unspecified atom stereocenters. The zero-order valence-corrected chi connectivity index (χ0v) is 12.5. The Morgan fingerprint density at radius 3 is 2.47 bits per heavy atom. The molecule has 0 amide bonds. The van der Waals surface area contributed by atoms with Crippen molar-refractivity contribution in [3.8, 4) is 0 Å². The number of unbranched alkanes of at least 4 members (excludes halogenated alkanes) is 3. The fourth-order valence-electron chi connectivity index (χ4n) is 1.37. The highest BCUT2D eigenvalue weighted by molar-refractivity contribution is 7.09. The number of aromatic nitrogens is 2. The molecule has 1 aromatic heterocycles. The molecule has 1 N–H and O–H groups in total. The van der Waals surface area contributed by atoms with Gasteiger partial charge in [0.1, 0.15) is 5.82 Å². The van der Waals surface area contributed by atoms with Crippen LogP contribution in [0.4, 0.5) is 5.13 Å². The van der Waals surface area contributed by atoms with E-state index in [1.54, 1.807) is 0 Å². The van der Waals surface area contributed by atoms with Gasteiger partial charge in [0.05, 0.1) is 0 Å². The predicted octanol–water partition coefficient (Wildman–Crippen LogP) is 4.05. The Kier molecular flexibility index (Phi) is 6.20. The maximum absolute atomic E-state index is 5.62. The maximum atomic E-state index is 5.62. The quantitative estimate of drug-likeness (QED) is 0.603. The van der Waals surface area contributed by atoms with E-state index in [0.29, 0.717) is 0 Å². The number of rotatable bonds is 7. The highest BCUT2D eigenvalue weighted by Gasteiger charge is 2.19. The van der Waals surface area contributed by atoms with Crippen molar-refractivity contribution in [2.75, 3.05) is 17.7 Å². The van der Waals surface area contributed by atoms with Crippen LogP contribution in [0.3, 0.4) is 0 Å². The summed E-state index contributed by atoms with van der Waals surface area (Å²) in [7, 11) is 0. The van der Waals surface area contributed by atoms with Crippen molar-refractivity contribution in [3.05, 3.63) is 5.82 Å². The second-order valence-electron chi connectivity index (χ2n) is 5.20. The van der Waals surface area contributed by atoms with Gasteiger partial charge in [0.15, 0.2) is 0 Å². The summed E-state index contributed by atoms with van der Waals surface area (Å²) in [4.78, 5) is 4.49. The average Bonchev–Trinajstić information content (AvgIpc) is 2.71. The summed E-state index contributed by atoms with van der Waals surface area (Å²) in [6, 6.07) is 0. The molecule has 0 radical (unpaired) electrons. The van der Waals surface area contributed by atoms with Gasteiger partial charge in [-0.2, -0.15) is 4.37 Å². The lowest BCUT2D eigenvalue weighted by molar-refractivity contribution is 0.555. The average molecular weight is 276 g/mol. The van der Waals surface area contributed by atoms with Crippen molar-refractivity contribution in [3.63, 3.8) is 0 Å². The number of nitrogens with zero attached hydrogens (tertiary/aromatic N) is 2. The van der Waals surface area contributed by atoms with Crippen LogP contribution in [0.2, 0.25) is 0 Å². The second-order valence-corrected chi connectivity index (χ2v) is 6.33. The number of hydrogen-bond acceptors (Lipinski definition) is 4. The van der Waals surface area contributed by atoms with Crippen LogP contribution < -0.4 is 5.32 Å². The van der Waals surface area contributed by atoms with Gasteiger partial charge in [-0.3, -0.25) is 0 Å². The Morgan fingerprint density at radius 2 is 1.88 bits per heavy atom. The maximum Gasteiger partial charge on any atom is 0.202 e. The molecule has 0 bridgehead atoms. The van der Waals surface area contributed by atoms with E-state index in [9.17, 15) is 0 Å². The largest absolute Gasteiger partial charge is 0.360 e. The van der Waals surface area contributed by atoms with Gasteiger partial charge in [-0.25, -0.2) is 4.98 Å². The van der Waals surface area contributed by atoms with Crippen LogP contribution in [-0.4, -0.2) is 21.8 Å². The van der Waals surface area contributed by atoms with Crippen LogP contribution in [-0.2, 0) is 5.41 Å². The molecule has 5 heteroatoms. The lowest BCUT2D eigenvalue weighted by atomic mass is 9.96. The molecule has 1 heterocycles. The number of halogens is 1. The standard InChI is InChI=1S/C12H22ClN3S/c1-12(2,3)10-15-11(17-16-10)14-9-7-5-4-6-8-13/h4-9H2,1-3H3,(H,14,15,16). The first-order chi connectivity index (χ1) is 8.04. The van der Waals surface area contributed by atoms with Crippen LogP contribution >= 0.6 is 23.1 Å². The summed E-state index contributed by atoms with van der Waals surface area (Å²) >= 11 is 7.07. The molecule has 0 atom stereocenters. The van der Waals surface area contributed by atoms with Crippen LogP contribution in [0.15, 0.2) is 0 Å². The molecule has 1 aromatic rings. The molecule has 0 spiro atoms. The van der Waals surface area contributed by atoms with Crippen molar-refractivity contribution in [2.45, 2.75) is 51.9 Å². The van der Waals surface area contributed by atoms with E-state index >= 15 is 0 Å². The van der Waals surface area contributed by atoms with Crippen molar-refractivity contribution in [2.24, 2.45) is 0 Å². The van der Waals surface area contributed by atoms with Crippen LogP contribution in [0.1, 0.15) is 52.3 Å². The number of nitrogens with one attached hydrogen (secondary N) is 1. The fraction of sp³-hybridized carbons (Fsp3) is 0.833. The van der Waals surface area contributed by atoms with Crippen LogP contribution in [0, 0.1) is 0 Å². The smallest absolute Gasteiger partial charge is 0.202 e. The van der Waals surface area contributed by atoms with Gasteiger partial charge in [0.2, 0.25) is 5.13 Å². The fourth-order valence-corrected chi connectivity index (χ4v) is 2.34. The van der Waals surface area contributed by atoms with E-state index in [0.717, 1.165) is 29.8 Å². The SMILES string of the molecule is CC(C)(C)c1nsc(NCCCCCCCl)n1. The zero-order chi connectivity index (χ0) is 12.7. The molecule has 0 saturated heterocycles. The Morgan fingerprint density at radius 1 is 1.18 bits per heavy atom. The molecule has 1 rings (SSSR count). The van der Waals surface area contributed by atoms with E-state index in [2.05, 4.69) is 35.4 Å². The molecule has 98 valence electrons. The lowest BCUT2D eigenvalue weighted by Gasteiger charge is -2.12. The van der Waals surface area contributed by atoms with Crippen molar-refractivity contribution < 1.29 is 0 Å². The van der Waals surface area contributed by atoms with Gasteiger partial charge >= 0.3 is 0 Å². The van der Waals surface area contributed by atoms with Crippen LogP contribution in [0.5, 0.6) is 0 Å². The molecule has 0 aromatic carbocycles. The predicted molar refractivity (Wildman–Crippen MR) is 76.3 cm³/mol. The summed E-state index contributed by atoms with van der Waals surface area (Å²) < 4.78 is 4.37. The summed E-state index contributed by atoms with van der Waals surface area (Å²) in [5, 5.41) is 4.26. The van der Waals surface area contributed by atoms with Crippen molar-refractivity contribution >= 4 is 28.3 Å². The monoisotopic (exact) mass is 275 g/mol. The van der Waals surface area contributed by atoms with E-state index in [-0.39, 0.29) is 5.41 Å². The Labute approximate surface area is 113 Å². The van der Waals surface area contributed by atoms with Crippen molar-refractivity contribution in [1.29, 1.82) is 0 Å². The molecule has 0 aliphatic carbocycles. The van der Waals surface area contributed by atoms with Crippen molar-refractivity contribution in [1.82, 2.24) is 9.36 Å². The third kappa shape index (κ3) is 5.68. The third-order valence-corrected chi connectivity index (χ3v) is 3.37. The Bertz CT molecular complexity index is 320. The van der Waals surface area contributed by atoms with Gasteiger partial charge in [-0.05, 0) is 12.8 Å². The number of anilines is 1. The van der Waals surface area contributed by atoms with E-state index in [1.807, 2.05) is 0 Å². The molecule has 0 saturated carbocycles. The summed E-state index contributed by atoms with van der Waals surface area (Å²) in [5.74, 6) is 1.70. The van der Waals surface area contributed by atoms with E-state index in [4.69, 9.17) is 11.6 Å². The van der Waals surface area contributed by atoms with E-state index in [1.165, 1.54) is 30.8 Å². The summed E-state index contributed by atoms with van der Waals surface area (Å²) in [6.45, 7) is 7.36. The topological polar surface area (TPSA) is 37.8 Å². The third-order valence-electron chi connectivity index (χ3n) is 2.43. The summed E-state index contributed by atoms with van der Waals surface area (Å²) in [6.07, 6.45) is 4.73. The molecule has 0 aliphatic rings. The van der Waals surface area contributed by atoms with Gasteiger partial charge in [-0.15, -0.1) is 11.6 Å². The first-order valence-electron chi connectivity index (χ1n) is 6.18. The lowest BCUT2D eigenvalue weighted by Crippen LogP contribution is -2.13. The minimum absolute atomic E-state index is 0.0385. The van der Waals surface area contributed by atoms with Gasteiger partial charge < -0.3 is 5.32 Å².